The highest BCUT2D eigenvalue weighted by Crippen LogP contribution is 2.44. The number of pyridine rings is 1. The number of fused-ring (bicyclic) bond motifs is 1. The Morgan fingerprint density at radius 1 is 1.21 bits per heavy atom. The first kappa shape index (κ1) is 17.5. The lowest BCUT2D eigenvalue weighted by molar-refractivity contribution is -0.119. The monoisotopic (exact) mass is 378 g/mol. The Hall–Kier alpha value is -2.56. The molecule has 1 saturated heterocycles. The van der Waals surface area contributed by atoms with Crippen molar-refractivity contribution in [3.8, 4) is 11.6 Å². The molecule has 2 atom stereocenters. The molecule has 3 aliphatic rings. The second-order valence-electron chi connectivity index (χ2n) is 8.17. The average molecular weight is 378 g/mol. The number of rotatable bonds is 6. The van der Waals surface area contributed by atoms with Gasteiger partial charge in [-0.05, 0) is 54.9 Å². The minimum Gasteiger partial charge on any atom is -0.493 e. The van der Waals surface area contributed by atoms with Crippen LogP contribution in [0.25, 0.3) is 0 Å². The lowest BCUT2D eigenvalue weighted by Gasteiger charge is -2.22. The highest BCUT2D eigenvalue weighted by Gasteiger charge is 2.31. The summed E-state index contributed by atoms with van der Waals surface area (Å²) in [5, 5.41) is 3.12. The minimum absolute atomic E-state index is 0.122. The van der Waals surface area contributed by atoms with Crippen molar-refractivity contribution in [1.29, 1.82) is 0 Å². The van der Waals surface area contributed by atoms with Gasteiger partial charge in [0.05, 0.1) is 19.4 Å². The molecule has 1 N–H and O–H groups in total. The average Bonchev–Trinajstić information content (AvgIpc) is 3.31. The molecule has 146 valence electrons. The van der Waals surface area contributed by atoms with Crippen molar-refractivity contribution >= 4 is 5.91 Å². The van der Waals surface area contributed by atoms with Crippen molar-refractivity contribution in [2.75, 3.05) is 13.7 Å². The van der Waals surface area contributed by atoms with Crippen LogP contribution in [0.1, 0.15) is 66.3 Å². The lowest BCUT2D eigenvalue weighted by atomic mass is 9.87. The van der Waals surface area contributed by atoms with E-state index in [-0.39, 0.29) is 17.9 Å². The molecule has 2 fully saturated rings. The van der Waals surface area contributed by atoms with E-state index in [0.29, 0.717) is 12.3 Å². The van der Waals surface area contributed by atoms with Gasteiger partial charge in [0.25, 0.3) is 0 Å². The number of methoxy groups -OCH3 is 1. The number of carbonyl (C=O) groups excluding carboxylic acids is 1. The highest BCUT2D eigenvalue weighted by atomic mass is 16.5. The Morgan fingerprint density at radius 2 is 2.11 bits per heavy atom. The van der Waals surface area contributed by atoms with E-state index in [1.54, 1.807) is 7.11 Å². The molecular weight excluding hydrogens is 352 g/mol. The van der Waals surface area contributed by atoms with E-state index in [1.165, 1.54) is 29.5 Å². The van der Waals surface area contributed by atoms with Gasteiger partial charge in [0.15, 0.2) is 0 Å². The highest BCUT2D eigenvalue weighted by molar-refractivity contribution is 5.78. The van der Waals surface area contributed by atoms with Gasteiger partial charge in [-0.2, -0.15) is 0 Å². The Labute approximate surface area is 165 Å². The summed E-state index contributed by atoms with van der Waals surface area (Å²) in [6.07, 6.45) is 5.75. The number of aromatic nitrogens is 1. The smallest absolute Gasteiger partial charge is 0.220 e. The molecule has 5 rings (SSSR count). The molecule has 1 aromatic carbocycles. The molecule has 5 heteroatoms. The Bertz CT molecular complexity index is 907. The van der Waals surface area contributed by atoms with Crippen LogP contribution in [0.2, 0.25) is 0 Å². The van der Waals surface area contributed by atoms with Crippen LogP contribution in [-0.2, 0) is 11.2 Å². The van der Waals surface area contributed by atoms with Crippen LogP contribution in [0.3, 0.4) is 0 Å². The fourth-order valence-electron chi connectivity index (χ4n) is 4.52. The second-order valence-corrected chi connectivity index (χ2v) is 8.17. The zero-order valence-electron chi connectivity index (χ0n) is 16.2. The van der Waals surface area contributed by atoms with Crippen LogP contribution in [0.15, 0.2) is 30.3 Å². The molecular formula is C23H26N2O3. The van der Waals surface area contributed by atoms with Gasteiger partial charge < -0.3 is 14.8 Å². The summed E-state index contributed by atoms with van der Waals surface area (Å²) in [5.41, 5.74) is 4.74. The fourth-order valence-corrected chi connectivity index (χ4v) is 4.52. The number of hydrogen-bond acceptors (Lipinski definition) is 4. The van der Waals surface area contributed by atoms with E-state index < -0.39 is 0 Å². The third-order valence-corrected chi connectivity index (χ3v) is 6.20. The van der Waals surface area contributed by atoms with Gasteiger partial charge in [-0.15, -0.1) is 0 Å². The van der Waals surface area contributed by atoms with Crippen LogP contribution in [0.4, 0.5) is 0 Å². The Kier molecular flexibility index (Phi) is 4.46. The van der Waals surface area contributed by atoms with E-state index in [0.717, 1.165) is 43.2 Å². The summed E-state index contributed by atoms with van der Waals surface area (Å²) in [5.74, 6) is 2.62. The zero-order valence-corrected chi connectivity index (χ0v) is 16.2. The largest absolute Gasteiger partial charge is 0.493 e. The second kappa shape index (κ2) is 7.12. The molecule has 0 bridgehead atoms. The van der Waals surface area contributed by atoms with E-state index in [1.807, 2.05) is 0 Å². The summed E-state index contributed by atoms with van der Waals surface area (Å²) in [7, 11) is 1.71. The first-order valence-corrected chi connectivity index (χ1v) is 10.3. The summed E-state index contributed by atoms with van der Waals surface area (Å²) < 4.78 is 11.3. The molecule has 2 aromatic rings. The van der Waals surface area contributed by atoms with Crippen molar-refractivity contribution in [2.24, 2.45) is 0 Å². The zero-order chi connectivity index (χ0) is 19.1. The van der Waals surface area contributed by atoms with Gasteiger partial charge >= 0.3 is 0 Å². The molecule has 2 aliphatic heterocycles. The molecule has 28 heavy (non-hydrogen) atoms. The third-order valence-electron chi connectivity index (χ3n) is 6.20. The van der Waals surface area contributed by atoms with Crippen LogP contribution < -0.4 is 14.8 Å². The SMILES string of the molecule is COc1nc(C(C[C@H]2CCC(=O)N2)c2ccc3c(c2)CCO3)ccc1C1CC1. The van der Waals surface area contributed by atoms with Crippen molar-refractivity contribution in [3.63, 3.8) is 0 Å². The topological polar surface area (TPSA) is 60.5 Å². The number of benzene rings is 1. The third kappa shape index (κ3) is 3.34. The van der Waals surface area contributed by atoms with Crippen LogP contribution >= 0.6 is 0 Å². The van der Waals surface area contributed by atoms with Crippen molar-refractivity contribution in [3.05, 3.63) is 52.7 Å². The number of carbonyl (C=O) groups is 1. The van der Waals surface area contributed by atoms with Gasteiger partial charge in [-0.25, -0.2) is 4.98 Å². The normalized spacial score (nSPS) is 21.8. The maximum atomic E-state index is 11.7. The Balaban J connectivity index is 1.51. The minimum atomic E-state index is 0.122. The molecule has 3 heterocycles. The van der Waals surface area contributed by atoms with Crippen LogP contribution in [0.5, 0.6) is 11.6 Å². The van der Waals surface area contributed by atoms with Gasteiger partial charge in [0, 0.05) is 30.4 Å². The van der Waals surface area contributed by atoms with Gasteiger partial charge in [0.2, 0.25) is 11.8 Å². The summed E-state index contributed by atoms with van der Waals surface area (Å²) in [6.45, 7) is 0.754. The molecule has 1 amide bonds. The Morgan fingerprint density at radius 3 is 2.86 bits per heavy atom. The first-order valence-electron chi connectivity index (χ1n) is 10.3. The molecule has 1 unspecified atom stereocenters. The fraction of sp³-hybridized carbons (Fsp3) is 0.478. The first-order chi connectivity index (χ1) is 13.7. The van der Waals surface area contributed by atoms with Crippen LogP contribution in [0, 0.1) is 0 Å². The molecule has 0 radical (unpaired) electrons. The number of nitrogens with one attached hydrogen (secondary N) is 1. The van der Waals surface area contributed by atoms with Crippen molar-refractivity contribution in [1.82, 2.24) is 10.3 Å². The molecule has 1 aliphatic carbocycles. The summed E-state index contributed by atoms with van der Waals surface area (Å²) in [6, 6.07) is 11.0. The van der Waals surface area contributed by atoms with Gasteiger partial charge in [-0.3, -0.25) is 4.79 Å². The van der Waals surface area contributed by atoms with E-state index in [2.05, 4.69) is 35.6 Å². The van der Waals surface area contributed by atoms with Crippen molar-refractivity contribution in [2.45, 2.75) is 56.4 Å². The van der Waals surface area contributed by atoms with E-state index in [9.17, 15) is 4.79 Å². The number of amides is 1. The van der Waals surface area contributed by atoms with Gasteiger partial charge in [0.1, 0.15) is 5.75 Å². The maximum absolute atomic E-state index is 11.7. The van der Waals surface area contributed by atoms with E-state index >= 15 is 0 Å². The van der Waals surface area contributed by atoms with Crippen molar-refractivity contribution < 1.29 is 14.3 Å². The van der Waals surface area contributed by atoms with Gasteiger partial charge in [-0.1, -0.05) is 18.2 Å². The standard InChI is InChI=1S/C23H26N2O3/c1-27-23-18(14-2-3-14)6-7-20(25-23)19(13-17-5-9-22(26)24-17)15-4-8-21-16(12-15)10-11-28-21/h4,6-8,12,14,17,19H,2-3,5,9-11,13H2,1H3,(H,24,26)/t17-,19?/m1/s1. The number of nitrogens with zero attached hydrogens (tertiary/aromatic N) is 1. The van der Waals surface area contributed by atoms with Crippen LogP contribution in [-0.4, -0.2) is 30.6 Å². The number of hydrogen-bond donors (Lipinski definition) is 1. The summed E-state index contributed by atoms with van der Waals surface area (Å²) in [4.78, 5) is 16.6. The molecule has 1 aromatic heterocycles. The predicted octanol–water partition coefficient (Wildman–Crippen LogP) is 3.70. The maximum Gasteiger partial charge on any atom is 0.220 e. The predicted molar refractivity (Wildman–Crippen MR) is 106 cm³/mol. The van der Waals surface area contributed by atoms with E-state index in [4.69, 9.17) is 14.5 Å². The molecule has 0 spiro atoms. The molecule has 1 saturated carbocycles. The summed E-state index contributed by atoms with van der Waals surface area (Å²) >= 11 is 0. The lowest BCUT2D eigenvalue weighted by Crippen LogP contribution is -2.27. The number of ether oxygens (including phenoxy) is 2. The quantitative estimate of drug-likeness (QED) is 0.833. The molecule has 5 nitrogen and oxygen atoms in total.